The first-order chi connectivity index (χ1) is 11.4. The molecule has 3 heterocycles. The molecule has 8 heteroatoms. The Balaban J connectivity index is 1.78. The van der Waals surface area contributed by atoms with E-state index in [-0.39, 0.29) is 12.1 Å². The number of hydrogen-bond acceptors (Lipinski definition) is 5. The molecule has 7 nitrogen and oxygen atoms in total. The van der Waals surface area contributed by atoms with Crippen LogP contribution in [0.4, 0.5) is 0 Å². The lowest BCUT2D eigenvalue weighted by Gasteiger charge is -2.28. The fourth-order valence-electron chi connectivity index (χ4n) is 3.34. The molecule has 1 N–H and O–H groups in total. The zero-order valence-corrected chi connectivity index (χ0v) is 14.8. The second-order valence-corrected chi connectivity index (χ2v) is 8.19. The quantitative estimate of drug-likeness (QED) is 0.824. The zero-order valence-electron chi connectivity index (χ0n) is 14.0. The fourth-order valence-corrected chi connectivity index (χ4v) is 4.17. The van der Waals surface area contributed by atoms with Crippen LogP contribution in [0.3, 0.4) is 0 Å². The van der Waals surface area contributed by atoms with Gasteiger partial charge in [0.25, 0.3) is 0 Å². The molecule has 0 aromatic carbocycles. The third kappa shape index (κ3) is 4.40. The van der Waals surface area contributed by atoms with Gasteiger partial charge in [-0.15, -0.1) is 0 Å². The summed E-state index contributed by atoms with van der Waals surface area (Å²) >= 11 is 0. The van der Waals surface area contributed by atoms with Gasteiger partial charge < -0.3 is 0 Å². The molecule has 0 spiro atoms. The summed E-state index contributed by atoms with van der Waals surface area (Å²) in [5, 5.41) is 4.22. The van der Waals surface area contributed by atoms with E-state index in [2.05, 4.69) is 19.7 Å². The molecule has 130 valence electrons. The lowest BCUT2D eigenvalue weighted by molar-refractivity contribution is 0.230. The molecule has 2 aromatic heterocycles. The van der Waals surface area contributed by atoms with Gasteiger partial charge in [-0.25, -0.2) is 13.1 Å². The maximum Gasteiger partial charge on any atom is 0.209 e. The van der Waals surface area contributed by atoms with Crippen LogP contribution in [0.1, 0.15) is 17.5 Å². The first-order valence-corrected chi connectivity index (χ1v) is 9.87. The van der Waals surface area contributed by atoms with E-state index in [0.717, 1.165) is 37.1 Å². The summed E-state index contributed by atoms with van der Waals surface area (Å²) < 4.78 is 28.0. The molecule has 0 bridgehead atoms. The highest BCUT2D eigenvalue weighted by molar-refractivity contribution is 7.88. The van der Waals surface area contributed by atoms with Crippen LogP contribution < -0.4 is 4.72 Å². The fraction of sp³-hybridized carbons (Fsp3) is 0.500. The van der Waals surface area contributed by atoms with Gasteiger partial charge >= 0.3 is 0 Å². The van der Waals surface area contributed by atoms with Gasteiger partial charge in [0.05, 0.1) is 12.5 Å². The minimum absolute atomic E-state index is 0.0862. The monoisotopic (exact) mass is 349 g/mol. The Hall–Kier alpha value is -1.77. The standard InChI is InChI=1S/C16H23N5O2S/c1-20-11-14(10-18-20)8-16-15(19-24(2,22)23)5-7-21(16)12-13-4-3-6-17-9-13/h3-4,6,9-11,15-16,19H,5,7-8,12H2,1-2H3/t15-,16+/m0/s1. The van der Waals surface area contributed by atoms with Gasteiger partial charge in [-0.05, 0) is 30.0 Å². The Bertz CT molecular complexity index is 775. The first-order valence-electron chi connectivity index (χ1n) is 7.98. The van der Waals surface area contributed by atoms with E-state index in [0.29, 0.717) is 0 Å². The van der Waals surface area contributed by atoms with Crippen molar-refractivity contribution in [2.75, 3.05) is 12.8 Å². The van der Waals surface area contributed by atoms with Crippen molar-refractivity contribution in [3.05, 3.63) is 48.0 Å². The van der Waals surface area contributed by atoms with Crippen LogP contribution in [-0.2, 0) is 30.0 Å². The minimum Gasteiger partial charge on any atom is -0.294 e. The SMILES string of the molecule is Cn1cc(C[C@@H]2[C@@H](NS(C)(=O)=O)CCN2Cc2cccnc2)cn1. The van der Waals surface area contributed by atoms with Crippen molar-refractivity contribution in [3.63, 3.8) is 0 Å². The maximum atomic E-state index is 11.7. The minimum atomic E-state index is -3.23. The van der Waals surface area contributed by atoms with Gasteiger partial charge in [-0.2, -0.15) is 5.10 Å². The van der Waals surface area contributed by atoms with Crippen LogP contribution >= 0.6 is 0 Å². The molecule has 0 radical (unpaired) electrons. The van der Waals surface area contributed by atoms with E-state index < -0.39 is 10.0 Å². The van der Waals surface area contributed by atoms with E-state index in [1.807, 2.05) is 37.8 Å². The summed E-state index contributed by atoms with van der Waals surface area (Å²) in [6.45, 7) is 1.62. The van der Waals surface area contributed by atoms with Crippen LogP contribution in [-0.4, -0.2) is 53.0 Å². The molecule has 24 heavy (non-hydrogen) atoms. The Morgan fingerprint density at radius 3 is 2.79 bits per heavy atom. The van der Waals surface area contributed by atoms with Crippen molar-refractivity contribution >= 4 is 10.0 Å². The van der Waals surface area contributed by atoms with Gasteiger partial charge in [0.2, 0.25) is 10.0 Å². The molecule has 1 aliphatic heterocycles. The molecule has 2 aromatic rings. The van der Waals surface area contributed by atoms with Crippen molar-refractivity contribution in [1.29, 1.82) is 0 Å². The van der Waals surface area contributed by atoms with Crippen molar-refractivity contribution < 1.29 is 8.42 Å². The first kappa shape index (κ1) is 17.1. The topological polar surface area (TPSA) is 80.1 Å². The van der Waals surface area contributed by atoms with Crippen molar-refractivity contribution in [3.8, 4) is 0 Å². The average Bonchev–Trinajstić information content (AvgIpc) is 3.07. The van der Waals surface area contributed by atoms with Crippen LogP contribution in [0.5, 0.6) is 0 Å². The van der Waals surface area contributed by atoms with Gasteiger partial charge in [-0.3, -0.25) is 14.6 Å². The Morgan fingerprint density at radius 1 is 1.33 bits per heavy atom. The predicted molar refractivity (Wildman–Crippen MR) is 91.7 cm³/mol. The largest absolute Gasteiger partial charge is 0.294 e. The second kappa shape index (κ2) is 7.00. The van der Waals surface area contributed by atoms with Gasteiger partial charge in [0.15, 0.2) is 0 Å². The number of rotatable bonds is 6. The molecule has 1 aliphatic rings. The molecule has 1 saturated heterocycles. The highest BCUT2D eigenvalue weighted by Gasteiger charge is 2.35. The maximum absolute atomic E-state index is 11.7. The van der Waals surface area contributed by atoms with Gasteiger partial charge in [0.1, 0.15) is 0 Å². The summed E-state index contributed by atoms with van der Waals surface area (Å²) in [5.41, 5.74) is 2.24. The lowest BCUT2D eigenvalue weighted by Crippen LogP contribution is -2.45. The number of sulfonamides is 1. The molecule has 0 unspecified atom stereocenters. The Kier molecular flexibility index (Phi) is 4.98. The molecule has 0 aliphatic carbocycles. The summed E-state index contributed by atoms with van der Waals surface area (Å²) in [7, 11) is -1.35. The molecular formula is C16H23N5O2S. The number of hydrogen-bond donors (Lipinski definition) is 1. The average molecular weight is 349 g/mol. The van der Waals surface area contributed by atoms with Crippen LogP contribution in [0.25, 0.3) is 0 Å². The van der Waals surface area contributed by atoms with Crippen molar-refractivity contribution in [2.45, 2.75) is 31.5 Å². The van der Waals surface area contributed by atoms with E-state index >= 15 is 0 Å². The van der Waals surface area contributed by atoms with Crippen molar-refractivity contribution in [2.24, 2.45) is 7.05 Å². The number of aryl methyl sites for hydroxylation is 1. The van der Waals surface area contributed by atoms with E-state index in [1.165, 1.54) is 6.26 Å². The van der Waals surface area contributed by atoms with E-state index in [9.17, 15) is 8.42 Å². The Labute approximate surface area is 142 Å². The molecule has 3 rings (SSSR count). The summed E-state index contributed by atoms with van der Waals surface area (Å²) in [6.07, 6.45) is 10.2. The number of nitrogens with zero attached hydrogens (tertiary/aromatic N) is 4. The Morgan fingerprint density at radius 2 is 2.17 bits per heavy atom. The third-order valence-corrected chi connectivity index (χ3v) is 5.07. The van der Waals surface area contributed by atoms with Gasteiger partial charge in [0, 0.05) is 50.8 Å². The summed E-state index contributed by atoms with van der Waals surface area (Å²) in [4.78, 5) is 6.49. The number of nitrogens with one attached hydrogen (secondary N) is 1. The highest BCUT2D eigenvalue weighted by atomic mass is 32.2. The number of pyridine rings is 1. The van der Waals surface area contributed by atoms with E-state index in [1.54, 1.807) is 10.9 Å². The molecule has 2 atom stereocenters. The third-order valence-electron chi connectivity index (χ3n) is 4.34. The molecule has 0 amide bonds. The normalized spacial score (nSPS) is 22.1. The predicted octanol–water partition coefficient (Wildman–Crippen LogP) is 0.550. The lowest BCUT2D eigenvalue weighted by atomic mass is 10.0. The summed E-state index contributed by atoms with van der Waals surface area (Å²) in [5.74, 6) is 0. The van der Waals surface area contributed by atoms with Crippen molar-refractivity contribution in [1.82, 2.24) is 24.4 Å². The smallest absolute Gasteiger partial charge is 0.209 e. The molecule has 1 fully saturated rings. The number of likely N-dealkylation sites (tertiary alicyclic amines) is 1. The van der Waals surface area contributed by atoms with Crippen LogP contribution in [0.15, 0.2) is 36.9 Å². The zero-order chi connectivity index (χ0) is 17.2. The van der Waals surface area contributed by atoms with Gasteiger partial charge in [-0.1, -0.05) is 6.07 Å². The van der Waals surface area contributed by atoms with Crippen LogP contribution in [0, 0.1) is 0 Å². The molecule has 0 saturated carbocycles. The van der Waals surface area contributed by atoms with Crippen LogP contribution in [0.2, 0.25) is 0 Å². The highest BCUT2D eigenvalue weighted by Crippen LogP contribution is 2.24. The second-order valence-electron chi connectivity index (χ2n) is 6.41. The molecular weight excluding hydrogens is 326 g/mol. The number of aromatic nitrogens is 3. The van der Waals surface area contributed by atoms with E-state index in [4.69, 9.17) is 0 Å². The summed E-state index contributed by atoms with van der Waals surface area (Å²) in [6, 6.07) is 3.99.